The van der Waals surface area contributed by atoms with E-state index in [0.29, 0.717) is 0 Å². The lowest BCUT2D eigenvalue weighted by atomic mass is 10.2. The molecule has 13 heteroatoms. The summed E-state index contributed by atoms with van der Waals surface area (Å²) < 4.78 is 34.5. The number of methoxy groups -OCH3 is 1. The molecule has 33 heavy (non-hydrogen) atoms. The van der Waals surface area contributed by atoms with E-state index in [2.05, 4.69) is 4.98 Å². The fourth-order valence-electron chi connectivity index (χ4n) is 3.15. The average molecular weight is 476 g/mol. The zero-order valence-corrected chi connectivity index (χ0v) is 18.1. The van der Waals surface area contributed by atoms with Crippen molar-refractivity contribution in [1.29, 1.82) is 0 Å². The Morgan fingerprint density at radius 1 is 1.15 bits per heavy atom. The van der Waals surface area contributed by atoms with Gasteiger partial charge in [-0.15, -0.1) is 0 Å². The van der Waals surface area contributed by atoms with Crippen molar-refractivity contribution in [3.63, 3.8) is 0 Å². The fourth-order valence-corrected chi connectivity index (χ4v) is 4.65. The molecule has 0 saturated heterocycles. The summed E-state index contributed by atoms with van der Waals surface area (Å²) in [6, 6.07) is 11.6. The van der Waals surface area contributed by atoms with Crippen molar-refractivity contribution >= 4 is 21.4 Å². The van der Waals surface area contributed by atoms with Gasteiger partial charge in [0.05, 0.1) is 28.7 Å². The van der Waals surface area contributed by atoms with E-state index in [1.807, 2.05) is 0 Å². The van der Waals surface area contributed by atoms with Crippen LogP contribution >= 0.6 is 0 Å². The number of rotatable bonds is 9. The van der Waals surface area contributed by atoms with Crippen LogP contribution in [-0.2, 0) is 21.4 Å². The van der Waals surface area contributed by atoms with Gasteiger partial charge in [0.1, 0.15) is 0 Å². The van der Waals surface area contributed by atoms with E-state index >= 15 is 0 Å². The van der Waals surface area contributed by atoms with Gasteiger partial charge in [0.15, 0.2) is 6.23 Å². The molecule has 0 spiro atoms. The van der Waals surface area contributed by atoms with Crippen LogP contribution < -0.4 is 15.6 Å². The zero-order valence-electron chi connectivity index (χ0n) is 17.3. The minimum Gasteiger partial charge on any atom is -0.392 e. The molecule has 1 heterocycles. The standard InChI is InChI=1S/C20H20N4O8S/c1-32-19(22-11-10-18(26)21-20(22)27)12-23(17-5-3-2-4-14(17)13-25)33(30,31)16-8-6-15(7-9-16)24(28)29/h2-11,19,25H,12-13H2,1H3,(H,21,26,27)/t19-/m1/s1. The lowest BCUT2D eigenvalue weighted by molar-refractivity contribution is -0.384. The zero-order chi connectivity index (χ0) is 24.2. The first-order chi connectivity index (χ1) is 15.7. The summed E-state index contributed by atoms with van der Waals surface area (Å²) in [6.07, 6.45) is 0.0122. The second kappa shape index (κ2) is 9.77. The largest absolute Gasteiger partial charge is 0.392 e. The van der Waals surface area contributed by atoms with E-state index in [1.165, 1.54) is 25.4 Å². The molecule has 0 saturated carbocycles. The maximum atomic E-state index is 13.6. The molecule has 0 aliphatic carbocycles. The topological polar surface area (TPSA) is 165 Å². The maximum Gasteiger partial charge on any atom is 0.330 e. The predicted octanol–water partition coefficient (Wildman–Crippen LogP) is 0.978. The molecular weight excluding hydrogens is 456 g/mol. The van der Waals surface area contributed by atoms with E-state index in [0.717, 1.165) is 39.2 Å². The number of aromatic amines is 1. The fraction of sp³-hybridized carbons (Fsp3) is 0.200. The average Bonchev–Trinajstić information content (AvgIpc) is 2.80. The SMILES string of the molecule is CO[C@H](CN(c1ccccc1CO)S(=O)(=O)c1ccc([N+](=O)[O-])cc1)n1ccc(=O)[nH]c1=O. The summed E-state index contributed by atoms with van der Waals surface area (Å²) in [5.74, 6) is 0. The van der Waals surface area contributed by atoms with E-state index in [9.17, 15) is 33.2 Å². The van der Waals surface area contributed by atoms with Crippen molar-refractivity contribution in [1.82, 2.24) is 9.55 Å². The lowest BCUT2D eigenvalue weighted by Crippen LogP contribution is -2.41. The molecule has 174 valence electrons. The molecule has 3 rings (SSSR count). The van der Waals surface area contributed by atoms with Crippen molar-refractivity contribution in [2.24, 2.45) is 0 Å². The molecule has 0 amide bonds. The Labute approximate surface area is 187 Å². The lowest BCUT2D eigenvalue weighted by Gasteiger charge is -2.30. The third-order valence-electron chi connectivity index (χ3n) is 4.82. The highest BCUT2D eigenvalue weighted by atomic mass is 32.2. The van der Waals surface area contributed by atoms with Crippen LogP contribution in [0, 0.1) is 10.1 Å². The number of para-hydroxylation sites is 1. The minimum atomic E-state index is -4.33. The van der Waals surface area contributed by atoms with Crippen LogP contribution in [0.3, 0.4) is 0 Å². The quantitative estimate of drug-likeness (QED) is 0.341. The number of nitrogens with one attached hydrogen (secondary N) is 1. The van der Waals surface area contributed by atoms with Crippen molar-refractivity contribution in [2.45, 2.75) is 17.7 Å². The highest BCUT2D eigenvalue weighted by Crippen LogP contribution is 2.30. The van der Waals surface area contributed by atoms with Gasteiger partial charge in [-0.2, -0.15) is 0 Å². The molecule has 1 atom stereocenters. The van der Waals surface area contributed by atoms with Gasteiger partial charge >= 0.3 is 5.69 Å². The smallest absolute Gasteiger partial charge is 0.330 e. The number of benzene rings is 2. The highest BCUT2D eigenvalue weighted by Gasteiger charge is 2.30. The summed E-state index contributed by atoms with van der Waals surface area (Å²) in [6.45, 7) is -0.891. The van der Waals surface area contributed by atoms with Crippen LogP contribution in [0.25, 0.3) is 0 Å². The number of hydrogen-bond acceptors (Lipinski definition) is 8. The van der Waals surface area contributed by atoms with Crippen LogP contribution in [0.2, 0.25) is 0 Å². The highest BCUT2D eigenvalue weighted by molar-refractivity contribution is 7.92. The monoisotopic (exact) mass is 476 g/mol. The number of aliphatic hydroxyl groups is 1. The van der Waals surface area contributed by atoms with E-state index < -0.39 is 45.6 Å². The van der Waals surface area contributed by atoms with Gasteiger partial charge in [0.2, 0.25) is 0 Å². The molecule has 0 radical (unpaired) electrons. The summed E-state index contributed by atoms with van der Waals surface area (Å²) in [7, 11) is -3.07. The van der Waals surface area contributed by atoms with Crippen molar-refractivity contribution in [3.05, 3.63) is 97.3 Å². The summed E-state index contributed by atoms with van der Waals surface area (Å²) >= 11 is 0. The summed E-state index contributed by atoms with van der Waals surface area (Å²) in [5.41, 5.74) is -1.32. The first-order valence-corrected chi connectivity index (χ1v) is 10.9. The number of H-pyrrole nitrogens is 1. The number of nitro groups is 1. The van der Waals surface area contributed by atoms with Crippen molar-refractivity contribution in [3.8, 4) is 0 Å². The Morgan fingerprint density at radius 2 is 1.82 bits per heavy atom. The second-order valence-electron chi connectivity index (χ2n) is 6.78. The van der Waals surface area contributed by atoms with E-state index in [-0.39, 0.29) is 21.8 Å². The Hall–Kier alpha value is -3.81. The molecule has 0 unspecified atom stereocenters. The maximum absolute atomic E-state index is 13.6. The van der Waals surface area contributed by atoms with Gasteiger partial charge in [0, 0.05) is 37.1 Å². The first kappa shape index (κ1) is 23.8. The molecule has 0 fully saturated rings. The van der Waals surface area contributed by atoms with Gasteiger partial charge in [-0.3, -0.25) is 28.8 Å². The van der Waals surface area contributed by atoms with Crippen molar-refractivity contribution < 1.29 is 23.2 Å². The molecule has 0 bridgehead atoms. The third kappa shape index (κ3) is 5.00. The van der Waals surface area contributed by atoms with Gasteiger partial charge in [-0.1, -0.05) is 18.2 Å². The molecule has 0 aliphatic rings. The Kier molecular flexibility index (Phi) is 7.06. The van der Waals surface area contributed by atoms with Crippen LogP contribution in [0.15, 0.2) is 75.3 Å². The van der Waals surface area contributed by atoms with Gasteiger partial charge < -0.3 is 9.84 Å². The number of ether oxygens (including phenoxy) is 1. The summed E-state index contributed by atoms with van der Waals surface area (Å²) in [4.78, 5) is 35.8. The first-order valence-electron chi connectivity index (χ1n) is 9.49. The molecule has 1 aromatic heterocycles. The number of hydrogen-bond donors (Lipinski definition) is 2. The van der Waals surface area contributed by atoms with Crippen molar-refractivity contribution in [2.75, 3.05) is 18.0 Å². The predicted molar refractivity (Wildman–Crippen MR) is 117 cm³/mol. The normalized spacial score (nSPS) is 12.3. The van der Waals surface area contributed by atoms with Crippen LogP contribution in [-0.4, -0.2) is 41.7 Å². The number of aliphatic hydroxyl groups excluding tert-OH is 1. The van der Waals surface area contributed by atoms with Gasteiger partial charge in [-0.25, -0.2) is 13.2 Å². The molecule has 2 aromatic carbocycles. The number of sulfonamides is 1. The van der Waals surface area contributed by atoms with Gasteiger partial charge in [0.25, 0.3) is 21.3 Å². The minimum absolute atomic E-state index is 0.123. The van der Waals surface area contributed by atoms with Crippen LogP contribution in [0.5, 0.6) is 0 Å². The number of nitro benzene ring substituents is 1. The number of aromatic nitrogens is 2. The van der Waals surface area contributed by atoms with Gasteiger partial charge in [-0.05, 0) is 18.2 Å². The molecule has 3 aromatic rings. The molecular formula is C20H20N4O8S. The van der Waals surface area contributed by atoms with E-state index in [4.69, 9.17) is 4.74 Å². The number of anilines is 1. The number of non-ortho nitro benzene ring substituents is 1. The third-order valence-corrected chi connectivity index (χ3v) is 6.62. The number of nitrogens with zero attached hydrogens (tertiary/aromatic N) is 3. The van der Waals surface area contributed by atoms with Crippen LogP contribution in [0.1, 0.15) is 11.8 Å². The Bertz CT molecular complexity index is 1370. The Balaban J connectivity index is 2.14. The summed E-state index contributed by atoms with van der Waals surface area (Å²) in [5, 5.41) is 20.7. The molecule has 2 N–H and O–H groups in total. The van der Waals surface area contributed by atoms with E-state index in [1.54, 1.807) is 12.1 Å². The Morgan fingerprint density at radius 3 is 2.39 bits per heavy atom. The molecule has 0 aliphatic heterocycles. The molecule has 12 nitrogen and oxygen atoms in total. The van der Waals surface area contributed by atoms with Crippen LogP contribution in [0.4, 0.5) is 11.4 Å². The second-order valence-corrected chi connectivity index (χ2v) is 8.64.